The SMILES string of the molecule is c1cncc(-c2ccc3c(c2)NCC3)c1. The molecule has 1 N–H and O–H groups in total. The molecule has 0 spiro atoms. The van der Waals surface area contributed by atoms with Gasteiger partial charge in [0.05, 0.1) is 0 Å². The molecule has 1 aromatic carbocycles. The molecule has 1 aliphatic heterocycles. The highest BCUT2D eigenvalue weighted by Gasteiger charge is 2.10. The maximum Gasteiger partial charge on any atom is 0.0379 e. The molecule has 15 heavy (non-hydrogen) atoms. The van der Waals surface area contributed by atoms with Crippen LogP contribution in [0.2, 0.25) is 0 Å². The number of rotatable bonds is 1. The average Bonchev–Trinajstić information content (AvgIpc) is 2.77. The Balaban J connectivity index is 2.07. The van der Waals surface area contributed by atoms with Gasteiger partial charge < -0.3 is 5.32 Å². The van der Waals surface area contributed by atoms with E-state index in [2.05, 4.69) is 34.6 Å². The zero-order valence-corrected chi connectivity index (χ0v) is 8.40. The summed E-state index contributed by atoms with van der Waals surface area (Å²) in [6.45, 7) is 1.06. The van der Waals surface area contributed by atoms with Gasteiger partial charge in [-0.15, -0.1) is 0 Å². The monoisotopic (exact) mass is 196 g/mol. The van der Waals surface area contributed by atoms with Gasteiger partial charge in [-0.2, -0.15) is 0 Å². The lowest BCUT2D eigenvalue weighted by atomic mass is 10.0. The summed E-state index contributed by atoms with van der Waals surface area (Å²) in [5.41, 5.74) is 5.10. The van der Waals surface area contributed by atoms with Crippen molar-refractivity contribution in [2.24, 2.45) is 0 Å². The molecule has 1 aliphatic rings. The lowest BCUT2D eigenvalue weighted by molar-refractivity contribution is 1.11. The molecular weight excluding hydrogens is 184 g/mol. The molecule has 0 saturated carbocycles. The largest absolute Gasteiger partial charge is 0.384 e. The zero-order valence-electron chi connectivity index (χ0n) is 8.40. The van der Waals surface area contributed by atoms with E-state index in [-0.39, 0.29) is 0 Å². The Kier molecular flexibility index (Phi) is 1.91. The minimum Gasteiger partial charge on any atom is -0.384 e. The number of benzene rings is 1. The fourth-order valence-corrected chi connectivity index (χ4v) is 2.00. The maximum absolute atomic E-state index is 4.13. The Morgan fingerprint density at radius 2 is 2.13 bits per heavy atom. The third kappa shape index (κ3) is 1.48. The first-order chi connectivity index (χ1) is 7.43. The first-order valence-electron chi connectivity index (χ1n) is 5.21. The third-order valence-corrected chi connectivity index (χ3v) is 2.81. The van der Waals surface area contributed by atoms with Gasteiger partial charge in [0, 0.05) is 30.2 Å². The second-order valence-corrected chi connectivity index (χ2v) is 3.79. The van der Waals surface area contributed by atoms with Crippen LogP contribution in [0.1, 0.15) is 5.56 Å². The summed E-state index contributed by atoms with van der Waals surface area (Å²) in [5, 5.41) is 3.39. The lowest BCUT2D eigenvalue weighted by Gasteiger charge is -2.04. The normalized spacial score (nSPS) is 13.3. The van der Waals surface area contributed by atoms with Gasteiger partial charge >= 0.3 is 0 Å². The Labute approximate surface area is 89.0 Å². The average molecular weight is 196 g/mol. The predicted molar refractivity (Wildman–Crippen MR) is 61.9 cm³/mol. The van der Waals surface area contributed by atoms with E-state index < -0.39 is 0 Å². The van der Waals surface area contributed by atoms with E-state index in [1.807, 2.05) is 12.3 Å². The number of hydrogen-bond donors (Lipinski definition) is 1. The number of fused-ring (bicyclic) bond motifs is 1. The molecule has 0 atom stereocenters. The maximum atomic E-state index is 4.13. The highest BCUT2D eigenvalue weighted by Crippen LogP contribution is 2.28. The van der Waals surface area contributed by atoms with Crippen LogP contribution >= 0.6 is 0 Å². The van der Waals surface area contributed by atoms with Gasteiger partial charge in [-0.1, -0.05) is 18.2 Å². The second kappa shape index (κ2) is 3.39. The number of nitrogens with zero attached hydrogens (tertiary/aromatic N) is 1. The molecule has 0 aliphatic carbocycles. The summed E-state index contributed by atoms with van der Waals surface area (Å²) in [5.74, 6) is 0. The first kappa shape index (κ1) is 8.48. The van der Waals surface area contributed by atoms with Gasteiger partial charge in [0.25, 0.3) is 0 Å². The second-order valence-electron chi connectivity index (χ2n) is 3.79. The summed E-state index contributed by atoms with van der Waals surface area (Å²) in [4.78, 5) is 4.13. The molecule has 0 amide bonds. The number of nitrogens with one attached hydrogen (secondary N) is 1. The Morgan fingerprint density at radius 1 is 1.13 bits per heavy atom. The van der Waals surface area contributed by atoms with Crippen molar-refractivity contribution in [3.63, 3.8) is 0 Å². The standard InChI is InChI=1S/C13H12N2/c1-2-12(9-14-6-1)11-4-3-10-5-7-15-13(10)8-11/h1-4,6,8-9,15H,5,7H2. The van der Waals surface area contributed by atoms with Gasteiger partial charge in [-0.05, 0) is 29.7 Å². The minimum absolute atomic E-state index is 1.06. The Morgan fingerprint density at radius 3 is 3.00 bits per heavy atom. The molecule has 74 valence electrons. The van der Waals surface area contributed by atoms with Crippen LogP contribution in [0.25, 0.3) is 11.1 Å². The number of hydrogen-bond acceptors (Lipinski definition) is 2. The molecule has 1 aromatic heterocycles. The minimum atomic E-state index is 1.06. The highest BCUT2D eigenvalue weighted by atomic mass is 14.9. The number of aromatic nitrogens is 1. The van der Waals surface area contributed by atoms with Crippen molar-refractivity contribution in [3.05, 3.63) is 48.3 Å². The number of anilines is 1. The summed E-state index contributed by atoms with van der Waals surface area (Å²) in [6.07, 6.45) is 4.84. The van der Waals surface area contributed by atoms with Crippen LogP contribution in [-0.2, 0) is 6.42 Å². The van der Waals surface area contributed by atoms with E-state index in [0.29, 0.717) is 0 Å². The van der Waals surface area contributed by atoms with Gasteiger partial charge in [0.2, 0.25) is 0 Å². The topological polar surface area (TPSA) is 24.9 Å². The van der Waals surface area contributed by atoms with Crippen molar-refractivity contribution in [2.75, 3.05) is 11.9 Å². The summed E-state index contributed by atoms with van der Waals surface area (Å²) >= 11 is 0. The van der Waals surface area contributed by atoms with Crippen LogP contribution in [0.4, 0.5) is 5.69 Å². The quantitative estimate of drug-likeness (QED) is 0.758. The van der Waals surface area contributed by atoms with E-state index in [1.165, 1.54) is 22.4 Å². The van der Waals surface area contributed by atoms with E-state index in [9.17, 15) is 0 Å². The molecule has 2 heteroatoms. The third-order valence-electron chi connectivity index (χ3n) is 2.81. The van der Waals surface area contributed by atoms with Gasteiger partial charge in [-0.3, -0.25) is 4.98 Å². The summed E-state index contributed by atoms with van der Waals surface area (Å²) in [7, 11) is 0. The first-order valence-corrected chi connectivity index (χ1v) is 5.21. The van der Waals surface area contributed by atoms with Crippen molar-refractivity contribution in [2.45, 2.75) is 6.42 Å². The van der Waals surface area contributed by atoms with E-state index in [0.717, 1.165) is 13.0 Å². The zero-order chi connectivity index (χ0) is 10.1. The lowest BCUT2D eigenvalue weighted by Crippen LogP contribution is -1.91. The van der Waals surface area contributed by atoms with Crippen LogP contribution in [0.15, 0.2) is 42.7 Å². The molecule has 2 nitrogen and oxygen atoms in total. The Hall–Kier alpha value is -1.83. The van der Waals surface area contributed by atoms with Crippen molar-refractivity contribution in [1.82, 2.24) is 4.98 Å². The van der Waals surface area contributed by atoms with Gasteiger partial charge in [0.1, 0.15) is 0 Å². The fraction of sp³-hybridized carbons (Fsp3) is 0.154. The highest BCUT2D eigenvalue weighted by molar-refractivity contribution is 5.70. The van der Waals surface area contributed by atoms with Crippen LogP contribution in [0.3, 0.4) is 0 Å². The van der Waals surface area contributed by atoms with Gasteiger partial charge in [-0.25, -0.2) is 0 Å². The van der Waals surface area contributed by atoms with Crippen LogP contribution in [-0.4, -0.2) is 11.5 Å². The van der Waals surface area contributed by atoms with Crippen molar-refractivity contribution in [1.29, 1.82) is 0 Å². The smallest absolute Gasteiger partial charge is 0.0379 e. The van der Waals surface area contributed by atoms with Crippen LogP contribution in [0.5, 0.6) is 0 Å². The molecule has 0 bridgehead atoms. The molecule has 3 rings (SSSR count). The molecule has 2 heterocycles. The van der Waals surface area contributed by atoms with Crippen molar-refractivity contribution in [3.8, 4) is 11.1 Å². The summed E-state index contributed by atoms with van der Waals surface area (Å²) in [6, 6.07) is 10.6. The summed E-state index contributed by atoms with van der Waals surface area (Å²) < 4.78 is 0. The van der Waals surface area contributed by atoms with Crippen molar-refractivity contribution >= 4 is 5.69 Å². The van der Waals surface area contributed by atoms with E-state index >= 15 is 0 Å². The van der Waals surface area contributed by atoms with Crippen molar-refractivity contribution < 1.29 is 0 Å². The molecule has 0 unspecified atom stereocenters. The molecule has 0 fully saturated rings. The van der Waals surface area contributed by atoms with E-state index in [4.69, 9.17) is 0 Å². The van der Waals surface area contributed by atoms with Gasteiger partial charge in [0.15, 0.2) is 0 Å². The molecular formula is C13H12N2. The molecule has 0 saturated heterocycles. The Bertz CT molecular complexity index is 477. The van der Waals surface area contributed by atoms with E-state index in [1.54, 1.807) is 6.20 Å². The predicted octanol–water partition coefficient (Wildman–Crippen LogP) is 2.72. The van der Waals surface area contributed by atoms with Crippen LogP contribution in [0, 0.1) is 0 Å². The van der Waals surface area contributed by atoms with Crippen LogP contribution < -0.4 is 5.32 Å². The number of pyridine rings is 1. The molecule has 0 radical (unpaired) electrons. The molecule has 2 aromatic rings. The fourth-order valence-electron chi connectivity index (χ4n) is 2.00.